The molecule has 0 fully saturated rings. The van der Waals surface area contributed by atoms with Gasteiger partial charge in [-0.15, -0.1) is 0 Å². The normalized spacial score (nSPS) is 10.9. The summed E-state index contributed by atoms with van der Waals surface area (Å²) in [6, 6.07) is 8.83. The van der Waals surface area contributed by atoms with E-state index in [1.165, 1.54) is 6.07 Å². The van der Waals surface area contributed by atoms with E-state index >= 15 is 0 Å². The van der Waals surface area contributed by atoms with Crippen molar-refractivity contribution in [2.75, 3.05) is 0 Å². The first-order valence-electron chi connectivity index (χ1n) is 6.45. The second-order valence-electron chi connectivity index (χ2n) is 4.91. The summed E-state index contributed by atoms with van der Waals surface area (Å²) in [4.78, 5) is 4.36. The van der Waals surface area contributed by atoms with Crippen molar-refractivity contribution in [1.82, 2.24) is 9.38 Å². The minimum absolute atomic E-state index is 0.275. The van der Waals surface area contributed by atoms with Gasteiger partial charge in [-0.05, 0) is 37.6 Å². The Morgan fingerprint density at radius 3 is 2.80 bits per heavy atom. The van der Waals surface area contributed by atoms with Crippen LogP contribution < -0.4 is 4.74 Å². The summed E-state index contributed by atoms with van der Waals surface area (Å²) in [6.45, 7) is 4.13. The molecule has 3 aromatic rings. The molecule has 0 unspecified atom stereocenters. The van der Waals surface area contributed by atoms with Gasteiger partial charge in [0, 0.05) is 18.0 Å². The molecule has 3 nitrogen and oxygen atoms in total. The lowest BCUT2D eigenvalue weighted by Gasteiger charge is -2.08. The van der Waals surface area contributed by atoms with Crippen LogP contribution in [0.5, 0.6) is 5.75 Å². The third kappa shape index (κ3) is 2.50. The maximum atomic E-state index is 13.7. The fraction of sp³-hybridized carbons (Fsp3) is 0.188. The van der Waals surface area contributed by atoms with Gasteiger partial charge in [0.05, 0.1) is 5.69 Å². The third-order valence-electron chi connectivity index (χ3n) is 3.11. The van der Waals surface area contributed by atoms with E-state index in [1.54, 1.807) is 6.07 Å². The molecule has 0 aliphatic rings. The highest BCUT2D eigenvalue weighted by Gasteiger charge is 2.05. The van der Waals surface area contributed by atoms with E-state index in [-0.39, 0.29) is 11.6 Å². The summed E-state index contributed by atoms with van der Waals surface area (Å²) < 4.78 is 21.1. The predicted molar refractivity (Wildman–Crippen MR) is 75.4 cm³/mol. The summed E-state index contributed by atoms with van der Waals surface area (Å²) >= 11 is 0. The van der Waals surface area contributed by atoms with Gasteiger partial charge in [0.25, 0.3) is 0 Å². The van der Waals surface area contributed by atoms with E-state index in [9.17, 15) is 4.39 Å². The number of ether oxygens (including phenoxy) is 1. The fourth-order valence-electron chi connectivity index (χ4n) is 2.13. The van der Waals surface area contributed by atoms with Crippen molar-refractivity contribution < 1.29 is 9.13 Å². The Balaban J connectivity index is 1.79. The molecule has 0 aliphatic carbocycles. The average Bonchev–Trinajstić information content (AvgIpc) is 2.77. The highest BCUT2D eigenvalue weighted by atomic mass is 19.1. The van der Waals surface area contributed by atoms with Crippen molar-refractivity contribution in [1.29, 1.82) is 0 Å². The van der Waals surface area contributed by atoms with Crippen LogP contribution in [0.3, 0.4) is 0 Å². The molecule has 0 saturated carbocycles. The largest absolute Gasteiger partial charge is 0.486 e. The lowest BCUT2D eigenvalue weighted by atomic mass is 10.2. The number of aromatic nitrogens is 2. The second-order valence-corrected chi connectivity index (χ2v) is 4.91. The van der Waals surface area contributed by atoms with Crippen molar-refractivity contribution in [3.63, 3.8) is 0 Å². The summed E-state index contributed by atoms with van der Waals surface area (Å²) in [5.41, 5.74) is 3.71. The molecular formula is C16H15FN2O. The molecule has 0 saturated heterocycles. The highest BCUT2D eigenvalue weighted by Crippen LogP contribution is 2.19. The van der Waals surface area contributed by atoms with Crippen LogP contribution in [-0.4, -0.2) is 9.38 Å². The minimum Gasteiger partial charge on any atom is -0.486 e. The summed E-state index contributed by atoms with van der Waals surface area (Å²) in [5, 5.41) is 0. The van der Waals surface area contributed by atoms with Gasteiger partial charge < -0.3 is 9.14 Å². The van der Waals surface area contributed by atoms with E-state index < -0.39 is 0 Å². The molecule has 0 amide bonds. The average molecular weight is 270 g/mol. The molecule has 0 spiro atoms. The predicted octanol–water partition coefficient (Wildman–Crippen LogP) is 3.67. The van der Waals surface area contributed by atoms with E-state index in [2.05, 4.69) is 4.98 Å². The van der Waals surface area contributed by atoms with Crippen LogP contribution in [0.1, 0.15) is 16.8 Å². The van der Waals surface area contributed by atoms with E-state index in [0.717, 1.165) is 22.5 Å². The summed E-state index contributed by atoms with van der Waals surface area (Å²) in [6.07, 6.45) is 3.90. The van der Waals surface area contributed by atoms with Crippen molar-refractivity contribution >= 4 is 5.65 Å². The lowest BCUT2D eigenvalue weighted by molar-refractivity contribution is 0.289. The molecule has 0 N–H and O–H groups in total. The van der Waals surface area contributed by atoms with Gasteiger partial charge in [-0.2, -0.15) is 0 Å². The number of halogens is 1. The monoisotopic (exact) mass is 270 g/mol. The Bertz CT molecular complexity index is 764. The molecule has 20 heavy (non-hydrogen) atoms. The van der Waals surface area contributed by atoms with Gasteiger partial charge >= 0.3 is 0 Å². The Morgan fingerprint density at radius 1 is 1.15 bits per heavy atom. The van der Waals surface area contributed by atoms with Gasteiger partial charge in [-0.3, -0.25) is 0 Å². The number of imidazole rings is 1. The minimum atomic E-state index is -0.329. The SMILES string of the molecule is Cc1ccc(OCc2ccc3nc(C)cn3c2)c(F)c1. The topological polar surface area (TPSA) is 26.5 Å². The van der Waals surface area contributed by atoms with E-state index in [0.29, 0.717) is 6.61 Å². The van der Waals surface area contributed by atoms with Crippen LogP contribution in [0.4, 0.5) is 4.39 Å². The maximum Gasteiger partial charge on any atom is 0.165 e. The molecule has 102 valence electrons. The van der Waals surface area contributed by atoms with Gasteiger partial charge in [0.15, 0.2) is 11.6 Å². The van der Waals surface area contributed by atoms with Gasteiger partial charge in [0.1, 0.15) is 12.3 Å². The van der Waals surface area contributed by atoms with Crippen molar-refractivity contribution in [3.05, 3.63) is 65.4 Å². The van der Waals surface area contributed by atoms with Crippen LogP contribution in [0.15, 0.2) is 42.7 Å². The summed E-state index contributed by atoms with van der Waals surface area (Å²) in [5.74, 6) is -0.0536. The van der Waals surface area contributed by atoms with Crippen molar-refractivity contribution in [2.24, 2.45) is 0 Å². The van der Waals surface area contributed by atoms with Crippen molar-refractivity contribution in [3.8, 4) is 5.75 Å². The quantitative estimate of drug-likeness (QED) is 0.726. The molecule has 2 heterocycles. The smallest absolute Gasteiger partial charge is 0.165 e. The molecule has 4 heteroatoms. The third-order valence-corrected chi connectivity index (χ3v) is 3.11. The number of hydrogen-bond acceptors (Lipinski definition) is 2. The van der Waals surface area contributed by atoms with E-state index in [4.69, 9.17) is 4.74 Å². The number of nitrogens with zero attached hydrogens (tertiary/aromatic N) is 2. The Labute approximate surface area is 116 Å². The Hall–Kier alpha value is -2.36. The van der Waals surface area contributed by atoms with Crippen LogP contribution in [0, 0.1) is 19.7 Å². The fourth-order valence-corrected chi connectivity index (χ4v) is 2.13. The Morgan fingerprint density at radius 2 is 2.00 bits per heavy atom. The number of benzene rings is 1. The molecule has 0 atom stereocenters. The molecule has 0 aliphatic heterocycles. The van der Waals surface area contributed by atoms with Crippen LogP contribution in [-0.2, 0) is 6.61 Å². The van der Waals surface area contributed by atoms with Gasteiger partial charge in [0.2, 0.25) is 0 Å². The van der Waals surface area contributed by atoms with E-state index in [1.807, 2.05) is 48.8 Å². The zero-order valence-electron chi connectivity index (χ0n) is 11.4. The first kappa shape index (κ1) is 12.7. The van der Waals surface area contributed by atoms with Crippen LogP contribution >= 0.6 is 0 Å². The zero-order valence-corrected chi connectivity index (χ0v) is 11.4. The Kier molecular flexibility index (Phi) is 3.14. The molecular weight excluding hydrogens is 255 g/mol. The number of rotatable bonds is 3. The first-order chi connectivity index (χ1) is 9.61. The van der Waals surface area contributed by atoms with Crippen molar-refractivity contribution in [2.45, 2.75) is 20.5 Å². The standard InChI is InChI=1S/C16H15FN2O/c1-11-3-5-15(14(17)7-11)20-10-13-4-6-16-18-12(2)8-19(16)9-13/h3-9H,10H2,1-2H3. The number of aryl methyl sites for hydroxylation is 2. The molecule has 1 aromatic carbocycles. The van der Waals surface area contributed by atoms with Gasteiger partial charge in [-0.1, -0.05) is 12.1 Å². The second kappa shape index (κ2) is 4.96. The van der Waals surface area contributed by atoms with Crippen LogP contribution in [0.25, 0.3) is 5.65 Å². The molecule has 0 bridgehead atoms. The zero-order chi connectivity index (χ0) is 14.1. The highest BCUT2D eigenvalue weighted by molar-refractivity contribution is 5.41. The lowest BCUT2D eigenvalue weighted by Crippen LogP contribution is -1.99. The first-order valence-corrected chi connectivity index (χ1v) is 6.45. The molecule has 0 radical (unpaired) electrons. The van der Waals surface area contributed by atoms with Gasteiger partial charge in [-0.25, -0.2) is 9.37 Å². The molecule has 3 rings (SSSR count). The molecule has 2 aromatic heterocycles. The number of fused-ring (bicyclic) bond motifs is 1. The maximum absolute atomic E-state index is 13.7. The van der Waals surface area contributed by atoms with Crippen LogP contribution in [0.2, 0.25) is 0 Å². The number of hydrogen-bond donors (Lipinski definition) is 0. The number of pyridine rings is 1. The summed E-state index contributed by atoms with van der Waals surface area (Å²) in [7, 11) is 0.